The number of nitrogen functional groups attached to an aromatic ring is 1. The Morgan fingerprint density at radius 3 is 2.95 bits per heavy atom. The van der Waals surface area contributed by atoms with Crippen LogP contribution in [0.1, 0.15) is 15.9 Å². The highest BCUT2D eigenvalue weighted by atomic mass is 16.5. The zero-order valence-corrected chi connectivity index (χ0v) is 11.0. The van der Waals surface area contributed by atoms with Crippen LogP contribution in [0.15, 0.2) is 36.7 Å². The van der Waals surface area contributed by atoms with Gasteiger partial charge in [0.25, 0.3) is 5.91 Å². The normalized spacial score (nSPS) is 10.1. The fourth-order valence-electron chi connectivity index (χ4n) is 1.79. The molecule has 4 N–H and O–H groups in total. The van der Waals surface area contributed by atoms with Crippen molar-refractivity contribution in [3.05, 3.63) is 47.8 Å². The van der Waals surface area contributed by atoms with Crippen LogP contribution >= 0.6 is 0 Å². The number of carbonyl (C=O) groups excluding carboxylic acids is 1. The summed E-state index contributed by atoms with van der Waals surface area (Å²) in [7, 11) is 1.55. The quantitative estimate of drug-likeness (QED) is 0.730. The van der Waals surface area contributed by atoms with Crippen LogP contribution in [0.25, 0.3) is 0 Å². The predicted octanol–water partition coefficient (Wildman–Crippen LogP) is 1.31. The molecule has 1 aromatic carbocycles. The summed E-state index contributed by atoms with van der Waals surface area (Å²) in [5.74, 6) is 0.0809. The highest BCUT2D eigenvalue weighted by Gasteiger charge is 2.11. The molecule has 0 spiro atoms. The van der Waals surface area contributed by atoms with Crippen molar-refractivity contribution in [3.8, 4) is 11.5 Å². The Morgan fingerprint density at radius 1 is 1.45 bits per heavy atom. The Morgan fingerprint density at radius 2 is 2.25 bits per heavy atom. The molecule has 0 fully saturated rings. The van der Waals surface area contributed by atoms with E-state index < -0.39 is 5.91 Å². The molecule has 6 nitrogen and oxygen atoms in total. The van der Waals surface area contributed by atoms with Gasteiger partial charge in [-0.15, -0.1) is 0 Å². The second kappa shape index (κ2) is 5.92. The molecular weight excluding hydrogens is 258 g/mol. The van der Waals surface area contributed by atoms with Crippen LogP contribution in [-0.4, -0.2) is 23.1 Å². The third kappa shape index (κ3) is 2.97. The van der Waals surface area contributed by atoms with Gasteiger partial charge in [0.1, 0.15) is 11.5 Å². The predicted molar refractivity (Wildman–Crippen MR) is 74.5 cm³/mol. The summed E-state index contributed by atoms with van der Waals surface area (Å²) in [5, 5.41) is 12.3. The highest BCUT2D eigenvalue weighted by Crippen LogP contribution is 2.21. The van der Waals surface area contributed by atoms with E-state index in [2.05, 4.69) is 10.3 Å². The van der Waals surface area contributed by atoms with E-state index in [0.29, 0.717) is 11.4 Å². The van der Waals surface area contributed by atoms with E-state index in [1.54, 1.807) is 25.3 Å². The topological polar surface area (TPSA) is 97.5 Å². The standard InChI is InChI=1S/C14H15N3O3/c1-20-13-3-2-10(15)6-9(13)7-17-14(19)11-4-5-16-8-12(11)18/h2-6,8,18H,7,15H2,1H3,(H,17,19). The fourth-order valence-corrected chi connectivity index (χ4v) is 1.79. The van der Waals surface area contributed by atoms with Crippen LogP contribution < -0.4 is 15.8 Å². The van der Waals surface area contributed by atoms with Gasteiger partial charge in [-0.2, -0.15) is 0 Å². The first-order valence-corrected chi connectivity index (χ1v) is 5.95. The Balaban J connectivity index is 2.11. The summed E-state index contributed by atoms with van der Waals surface area (Å²) in [6.07, 6.45) is 2.66. The van der Waals surface area contributed by atoms with E-state index in [-0.39, 0.29) is 17.9 Å². The average Bonchev–Trinajstić information content (AvgIpc) is 2.45. The summed E-state index contributed by atoms with van der Waals surface area (Å²) in [4.78, 5) is 15.7. The minimum absolute atomic E-state index is 0.162. The zero-order chi connectivity index (χ0) is 14.5. The summed E-state index contributed by atoms with van der Waals surface area (Å²) >= 11 is 0. The Hall–Kier alpha value is -2.76. The van der Waals surface area contributed by atoms with Crippen molar-refractivity contribution in [1.82, 2.24) is 10.3 Å². The summed E-state index contributed by atoms with van der Waals surface area (Å²) in [5.41, 5.74) is 7.22. The van der Waals surface area contributed by atoms with Gasteiger partial charge in [0.05, 0.1) is 18.9 Å². The van der Waals surface area contributed by atoms with Crippen molar-refractivity contribution in [1.29, 1.82) is 0 Å². The van der Waals surface area contributed by atoms with Crippen LogP contribution in [0, 0.1) is 0 Å². The Bertz CT molecular complexity index is 629. The molecule has 0 saturated carbocycles. The molecule has 0 aliphatic carbocycles. The van der Waals surface area contributed by atoms with E-state index in [9.17, 15) is 9.90 Å². The van der Waals surface area contributed by atoms with E-state index in [1.807, 2.05) is 0 Å². The fraction of sp³-hybridized carbons (Fsp3) is 0.143. The number of hydrogen-bond acceptors (Lipinski definition) is 5. The van der Waals surface area contributed by atoms with Crippen LogP contribution in [0.2, 0.25) is 0 Å². The molecule has 0 atom stereocenters. The van der Waals surface area contributed by atoms with E-state index in [0.717, 1.165) is 5.56 Å². The molecule has 104 valence electrons. The molecule has 20 heavy (non-hydrogen) atoms. The van der Waals surface area contributed by atoms with Gasteiger partial charge in [0.2, 0.25) is 0 Å². The molecule has 0 bridgehead atoms. The van der Waals surface area contributed by atoms with Crippen molar-refractivity contribution in [3.63, 3.8) is 0 Å². The zero-order valence-electron chi connectivity index (χ0n) is 11.0. The molecule has 2 rings (SSSR count). The number of aromatic hydroxyl groups is 1. The lowest BCUT2D eigenvalue weighted by Gasteiger charge is -2.11. The highest BCUT2D eigenvalue weighted by molar-refractivity contribution is 5.96. The van der Waals surface area contributed by atoms with Crippen LogP contribution in [0.3, 0.4) is 0 Å². The van der Waals surface area contributed by atoms with Gasteiger partial charge in [-0.25, -0.2) is 0 Å². The average molecular weight is 273 g/mol. The minimum Gasteiger partial charge on any atom is -0.505 e. The third-order valence-electron chi connectivity index (χ3n) is 2.79. The Kier molecular flexibility index (Phi) is 4.05. The van der Waals surface area contributed by atoms with Crippen LogP contribution in [-0.2, 0) is 6.54 Å². The second-order valence-corrected chi connectivity index (χ2v) is 4.15. The molecule has 0 aliphatic rings. The van der Waals surface area contributed by atoms with Gasteiger partial charge in [-0.1, -0.05) is 0 Å². The smallest absolute Gasteiger partial charge is 0.255 e. The molecule has 2 aromatic rings. The van der Waals surface area contributed by atoms with Gasteiger partial charge in [-0.3, -0.25) is 9.78 Å². The van der Waals surface area contributed by atoms with Crippen molar-refractivity contribution in [2.75, 3.05) is 12.8 Å². The maximum Gasteiger partial charge on any atom is 0.255 e. The van der Waals surface area contributed by atoms with Crippen molar-refractivity contribution >= 4 is 11.6 Å². The van der Waals surface area contributed by atoms with Crippen molar-refractivity contribution < 1.29 is 14.6 Å². The minimum atomic E-state index is -0.394. The van der Waals surface area contributed by atoms with E-state index in [1.165, 1.54) is 18.5 Å². The lowest BCUT2D eigenvalue weighted by molar-refractivity contribution is 0.0948. The summed E-state index contributed by atoms with van der Waals surface area (Å²) in [6.45, 7) is 0.245. The first-order valence-electron chi connectivity index (χ1n) is 5.95. The summed E-state index contributed by atoms with van der Waals surface area (Å²) < 4.78 is 5.20. The molecule has 0 saturated heterocycles. The lowest BCUT2D eigenvalue weighted by atomic mass is 10.1. The van der Waals surface area contributed by atoms with Crippen molar-refractivity contribution in [2.45, 2.75) is 6.54 Å². The van der Waals surface area contributed by atoms with Gasteiger partial charge in [0.15, 0.2) is 0 Å². The van der Waals surface area contributed by atoms with Gasteiger partial charge < -0.3 is 20.9 Å². The first-order chi connectivity index (χ1) is 9.61. The number of amides is 1. The van der Waals surface area contributed by atoms with E-state index >= 15 is 0 Å². The maximum atomic E-state index is 12.0. The molecule has 1 heterocycles. The number of carbonyl (C=O) groups is 1. The largest absolute Gasteiger partial charge is 0.505 e. The maximum absolute atomic E-state index is 12.0. The molecule has 0 radical (unpaired) electrons. The number of nitrogens with zero attached hydrogens (tertiary/aromatic N) is 1. The number of nitrogens with one attached hydrogen (secondary N) is 1. The number of pyridine rings is 1. The molecular formula is C14H15N3O3. The number of hydrogen-bond donors (Lipinski definition) is 3. The number of rotatable bonds is 4. The molecule has 6 heteroatoms. The molecule has 1 amide bonds. The summed E-state index contributed by atoms with van der Waals surface area (Å²) in [6, 6.07) is 6.63. The SMILES string of the molecule is COc1ccc(N)cc1CNC(=O)c1ccncc1O. The Labute approximate surface area is 116 Å². The van der Waals surface area contributed by atoms with Gasteiger partial charge >= 0.3 is 0 Å². The van der Waals surface area contributed by atoms with E-state index in [4.69, 9.17) is 10.5 Å². The monoisotopic (exact) mass is 273 g/mol. The first kappa shape index (κ1) is 13.7. The van der Waals surface area contributed by atoms with Crippen LogP contribution in [0.4, 0.5) is 5.69 Å². The number of nitrogens with two attached hydrogens (primary N) is 1. The number of anilines is 1. The van der Waals surface area contributed by atoms with Crippen molar-refractivity contribution in [2.24, 2.45) is 0 Å². The van der Waals surface area contributed by atoms with Gasteiger partial charge in [-0.05, 0) is 24.3 Å². The lowest BCUT2D eigenvalue weighted by Crippen LogP contribution is -2.23. The molecule has 0 unspecified atom stereocenters. The number of ether oxygens (including phenoxy) is 1. The number of benzene rings is 1. The molecule has 1 aromatic heterocycles. The number of aromatic nitrogens is 1. The van der Waals surface area contributed by atoms with Crippen LogP contribution in [0.5, 0.6) is 11.5 Å². The number of methoxy groups -OCH3 is 1. The molecule has 0 aliphatic heterocycles. The third-order valence-corrected chi connectivity index (χ3v) is 2.79. The van der Waals surface area contributed by atoms with Gasteiger partial charge in [0, 0.05) is 24.0 Å². The second-order valence-electron chi connectivity index (χ2n) is 4.15.